The molecule has 0 spiro atoms. The Balaban J connectivity index is 3.49. The zero-order chi connectivity index (χ0) is 17.1. The van der Waals surface area contributed by atoms with Crippen molar-refractivity contribution in [3.05, 3.63) is 22.9 Å². The van der Waals surface area contributed by atoms with Crippen molar-refractivity contribution in [2.45, 2.75) is 24.8 Å². The molecule has 11 heteroatoms. The summed E-state index contributed by atoms with van der Waals surface area (Å²) >= 11 is 2.74. The minimum atomic E-state index is -5.17. The lowest BCUT2D eigenvalue weighted by Crippen LogP contribution is -2.22. The molecule has 124 valence electrons. The minimum Gasteiger partial charge on any atom is -0.461 e. The first-order valence-corrected chi connectivity index (χ1v) is 6.71. The number of carbonyl (C=O) groups excluding carboxylic acids is 1. The van der Waals surface area contributed by atoms with Gasteiger partial charge in [-0.1, -0.05) is 15.9 Å². The molecular formula is C11H8BrF6NO3. The van der Waals surface area contributed by atoms with E-state index >= 15 is 0 Å². The van der Waals surface area contributed by atoms with E-state index in [2.05, 4.69) is 30.4 Å². The number of ether oxygens (including phenoxy) is 2. The van der Waals surface area contributed by atoms with Crippen LogP contribution < -0.4 is 4.74 Å². The Labute approximate surface area is 128 Å². The number of nitrogens with zero attached hydrogens (tertiary/aromatic N) is 1. The zero-order valence-electron chi connectivity index (χ0n) is 10.8. The highest BCUT2D eigenvalue weighted by Gasteiger charge is 2.40. The van der Waals surface area contributed by atoms with Gasteiger partial charge >= 0.3 is 18.5 Å². The first-order valence-electron chi connectivity index (χ1n) is 5.59. The first kappa shape index (κ1) is 18.5. The van der Waals surface area contributed by atoms with Crippen LogP contribution in [0.1, 0.15) is 28.5 Å². The number of alkyl halides is 7. The van der Waals surface area contributed by atoms with Gasteiger partial charge in [0.05, 0.1) is 12.2 Å². The molecule has 0 amide bonds. The van der Waals surface area contributed by atoms with Gasteiger partial charge in [-0.05, 0) is 13.0 Å². The number of hydrogen-bond acceptors (Lipinski definition) is 4. The van der Waals surface area contributed by atoms with Gasteiger partial charge in [0.25, 0.3) is 0 Å². The van der Waals surface area contributed by atoms with E-state index in [1.54, 1.807) is 0 Å². The minimum absolute atomic E-state index is 0.270. The van der Waals surface area contributed by atoms with E-state index in [1.807, 2.05) is 0 Å². The number of hydrogen-bond donors (Lipinski definition) is 0. The second-order valence-corrected chi connectivity index (χ2v) is 4.31. The van der Waals surface area contributed by atoms with E-state index in [1.165, 1.54) is 6.92 Å². The first-order chi connectivity index (χ1) is 9.99. The van der Waals surface area contributed by atoms with Gasteiger partial charge in [0.1, 0.15) is 0 Å². The van der Waals surface area contributed by atoms with E-state index < -0.39 is 46.5 Å². The van der Waals surface area contributed by atoms with Crippen LogP contribution in [0, 0.1) is 0 Å². The molecule has 1 rings (SSSR count). The molecule has 0 radical (unpaired) electrons. The number of esters is 1. The summed E-state index contributed by atoms with van der Waals surface area (Å²) in [5.74, 6) is -2.65. The third-order valence-electron chi connectivity index (χ3n) is 2.19. The smallest absolute Gasteiger partial charge is 0.461 e. The molecule has 0 aromatic carbocycles. The fraction of sp³-hybridized carbons (Fsp3) is 0.455. The molecule has 22 heavy (non-hydrogen) atoms. The van der Waals surface area contributed by atoms with Crippen LogP contribution in [0.15, 0.2) is 6.07 Å². The number of halogens is 7. The largest absolute Gasteiger partial charge is 0.574 e. The normalized spacial score (nSPS) is 12.2. The second-order valence-electron chi connectivity index (χ2n) is 3.75. The van der Waals surface area contributed by atoms with E-state index in [0.717, 1.165) is 0 Å². The lowest BCUT2D eigenvalue weighted by molar-refractivity contribution is -0.276. The molecule has 0 bridgehead atoms. The van der Waals surface area contributed by atoms with Crippen molar-refractivity contribution in [1.82, 2.24) is 4.98 Å². The number of pyridine rings is 1. The second kappa shape index (κ2) is 6.71. The Morgan fingerprint density at radius 1 is 1.27 bits per heavy atom. The molecule has 0 unspecified atom stereocenters. The van der Waals surface area contributed by atoms with Crippen LogP contribution in [0.25, 0.3) is 0 Å². The van der Waals surface area contributed by atoms with E-state index in [-0.39, 0.29) is 6.61 Å². The van der Waals surface area contributed by atoms with E-state index in [0.29, 0.717) is 6.07 Å². The maximum atomic E-state index is 12.9. The predicted molar refractivity (Wildman–Crippen MR) is 64.5 cm³/mol. The van der Waals surface area contributed by atoms with Gasteiger partial charge in [0.15, 0.2) is 5.69 Å². The van der Waals surface area contributed by atoms with Crippen LogP contribution in [-0.2, 0) is 16.2 Å². The number of carbonyl (C=O) groups is 1. The topological polar surface area (TPSA) is 48.4 Å². The summed E-state index contributed by atoms with van der Waals surface area (Å²) in [7, 11) is 0. The van der Waals surface area contributed by atoms with Crippen molar-refractivity contribution in [1.29, 1.82) is 0 Å². The summed E-state index contributed by atoms with van der Waals surface area (Å²) in [5, 5.41) is -0.391. The van der Waals surface area contributed by atoms with E-state index in [4.69, 9.17) is 0 Å². The Morgan fingerprint density at radius 3 is 2.27 bits per heavy atom. The summed E-state index contributed by atoms with van der Waals surface area (Å²) in [4.78, 5) is 14.5. The molecule has 0 N–H and O–H groups in total. The fourth-order valence-electron chi connectivity index (χ4n) is 1.40. The Morgan fingerprint density at radius 2 is 1.86 bits per heavy atom. The van der Waals surface area contributed by atoms with Crippen molar-refractivity contribution in [3.63, 3.8) is 0 Å². The molecule has 4 nitrogen and oxygen atoms in total. The molecule has 0 saturated heterocycles. The lowest BCUT2D eigenvalue weighted by Gasteiger charge is -2.16. The molecule has 0 saturated carbocycles. The fourth-order valence-corrected chi connectivity index (χ4v) is 1.80. The van der Waals surface area contributed by atoms with E-state index in [9.17, 15) is 31.1 Å². The molecule has 1 aromatic rings. The van der Waals surface area contributed by atoms with Gasteiger partial charge in [0, 0.05) is 10.9 Å². The Bertz CT molecular complexity index is 558. The average Bonchev–Trinajstić information content (AvgIpc) is 2.35. The SMILES string of the molecule is CCOC(=O)c1nc(OC(F)(F)F)c(CBr)cc1C(F)(F)F. The van der Waals surface area contributed by atoms with Gasteiger partial charge in [-0.3, -0.25) is 0 Å². The van der Waals surface area contributed by atoms with Gasteiger partial charge in [-0.15, -0.1) is 13.2 Å². The predicted octanol–water partition coefficient (Wildman–Crippen LogP) is 4.07. The number of rotatable bonds is 4. The van der Waals surface area contributed by atoms with Crippen LogP contribution in [0.5, 0.6) is 5.88 Å². The number of aromatic nitrogens is 1. The monoisotopic (exact) mass is 395 g/mol. The highest BCUT2D eigenvalue weighted by atomic mass is 79.9. The van der Waals surface area contributed by atoms with Crippen molar-refractivity contribution in [3.8, 4) is 5.88 Å². The Kier molecular flexibility index (Phi) is 5.65. The maximum absolute atomic E-state index is 12.9. The van der Waals surface area contributed by atoms with Crippen LogP contribution >= 0.6 is 15.9 Å². The summed E-state index contributed by atoms with van der Waals surface area (Å²) in [6.07, 6.45) is -10.2. The third-order valence-corrected chi connectivity index (χ3v) is 2.80. The van der Waals surface area contributed by atoms with Crippen molar-refractivity contribution >= 4 is 21.9 Å². The Hall–Kier alpha value is -1.52. The van der Waals surface area contributed by atoms with Crippen LogP contribution in [0.4, 0.5) is 26.3 Å². The van der Waals surface area contributed by atoms with Gasteiger partial charge in [0.2, 0.25) is 5.88 Å². The molecule has 0 fully saturated rings. The summed E-state index contributed by atoms with van der Waals surface area (Å²) in [6, 6.07) is 0.356. The van der Waals surface area contributed by atoms with Crippen molar-refractivity contribution < 1.29 is 40.6 Å². The molecule has 1 heterocycles. The zero-order valence-corrected chi connectivity index (χ0v) is 12.4. The quantitative estimate of drug-likeness (QED) is 0.438. The van der Waals surface area contributed by atoms with Crippen LogP contribution in [0.2, 0.25) is 0 Å². The summed E-state index contributed by atoms with van der Waals surface area (Å²) < 4.78 is 83.4. The molecule has 0 aliphatic carbocycles. The molecular weight excluding hydrogens is 388 g/mol. The van der Waals surface area contributed by atoms with Crippen LogP contribution in [0.3, 0.4) is 0 Å². The lowest BCUT2D eigenvalue weighted by atomic mass is 10.1. The van der Waals surface area contributed by atoms with Gasteiger partial charge in [-0.2, -0.15) is 13.2 Å². The summed E-state index contributed by atoms with van der Waals surface area (Å²) in [6.45, 7) is 1.05. The van der Waals surface area contributed by atoms with Crippen molar-refractivity contribution in [2.75, 3.05) is 6.61 Å². The standard InChI is InChI=1S/C11H8BrF6NO3/c1-2-21-9(20)7-6(10(13,14)15)3-5(4-12)8(19-7)22-11(16,17)18/h3H,2,4H2,1H3. The molecule has 0 aliphatic rings. The van der Waals surface area contributed by atoms with Crippen LogP contribution in [-0.4, -0.2) is 23.9 Å². The average molecular weight is 396 g/mol. The molecule has 1 aromatic heterocycles. The van der Waals surface area contributed by atoms with Gasteiger partial charge < -0.3 is 9.47 Å². The maximum Gasteiger partial charge on any atom is 0.574 e. The van der Waals surface area contributed by atoms with Crippen molar-refractivity contribution in [2.24, 2.45) is 0 Å². The molecule has 0 aliphatic heterocycles. The summed E-state index contributed by atoms with van der Waals surface area (Å²) in [5.41, 5.74) is -3.31. The van der Waals surface area contributed by atoms with Gasteiger partial charge in [-0.25, -0.2) is 9.78 Å². The highest BCUT2D eigenvalue weighted by Crippen LogP contribution is 2.36. The highest BCUT2D eigenvalue weighted by molar-refractivity contribution is 9.08. The third kappa shape index (κ3) is 4.75. The molecule has 0 atom stereocenters.